The Balaban J connectivity index is 4.23. The van der Waals surface area contributed by atoms with E-state index in [0.29, 0.717) is 5.06 Å². The largest absolute Gasteiger partial charge is 0.367 e. The maximum absolute atomic E-state index is 10.5. The van der Waals surface area contributed by atoms with Gasteiger partial charge in [0.15, 0.2) is 0 Å². The maximum Gasteiger partial charge on any atom is 0.330 e. The van der Waals surface area contributed by atoms with Crippen molar-refractivity contribution in [2.45, 2.75) is 13.8 Å². The van der Waals surface area contributed by atoms with Crippen molar-refractivity contribution in [3.63, 3.8) is 0 Å². The Labute approximate surface area is 63.4 Å². The van der Waals surface area contributed by atoms with Crippen LogP contribution in [-0.2, 0) is 14.4 Å². The molecule has 0 fully saturated rings. The summed E-state index contributed by atoms with van der Waals surface area (Å²) >= 11 is 0. The van der Waals surface area contributed by atoms with E-state index in [4.69, 9.17) is 11.1 Å². The molecule has 0 saturated carbocycles. The zero-order valence-corrected chi connectivity index (χ0v) is 6.25. The molecule has 0 aliphatic rings. The molecule has 6 nitrogen and oxygen atoms in total. The molecule has 3 N–H and O–H groups in total. The van der Waals surface area contributed by atoms with Crippen LogP contribution < -0.4 is 5.73 Å². The Bertz CT molecular complexity index is 187. The van der Waals surface area contributed by atoms with Gasteiger partial charge >= 0.3 is 5.97 Å². The van der Waals surface area contributed by atoms with Gasteiger partial charge in [0.2, 0.25) is 5.96 Å². The van der Waals surface area contributed by atoms with Crippen molar-refractivity contribution in [2.24, 2.45) is 5.73 Å². The molecule has 0 radical (unpaired) electrons. The van der Waals surface area contributed by atoms with E-state index in [2.05, 4.69) is 4.84 Å². The lowest BCUT2D eigenvalue weighted by atomic mass is 10.7. The highest BCUT2D eigenvalue weighted by Crippen LogP contribution is 1.90. The number of amides is 1. The summed E-state index contributed by atoms with van der Waals surface area (Å²) in [5.41, 5.74) is 4.90. The van der Waals surface area contributed by atoms with Crippen LogP contribution in [-0.4, -0.2) is 22.9 Å². The number of guanidine groups is 1. The minimum Gasteiger partial charge on any atom is -0.367 e. The van der Waals surface area contributed by atoms with Gasteiger partial charge in [-0.1, -0.05) is 0 Å². The zero-order valence-electron chi connectivity index (χ0n) is 6.25. The molecule has 0 aliphatic heterocycles. The second kappa shape index (κ2) is 3.55. The van der Waals surface area contributed by atoms with Gasteiger partial charge < -0.3 is 10.6 Å². The number of carbonyl (C=O) groups excluding carboxylic acids is 2. The summed E-state index contributed by atoms with van der Waals surface area (Å²) in [6.07, 6.45) is 0. The fourth-order valence-corrected chi connectivity index (χ4v) is 0.412. The zero-order chi connectivity index (χ0) is 9.02. The number of nitrogens with one attached hydrogen (secondary N) is 1. The lowest BCUT2D eigenvalue weighted by Gasteiger charge is -2.15. The van der Waals surface area contributed by atoms with E-state index in [1.807, 2.05) is 0 Å². The molecule has 62 valence electrons. The van der Waals surface area contributed by atoms with E-state index in [1.165, 1.54) is 0 Å². The highest BCUT2D eigenvalue weighted by molar-refractivity contribution is 5.93. The van der Waals surface area contributed by atoms with Crippen molar-refractivity contribution in [2.75, 3.05) is 0 Å². The van der Waals surface area contributed by atoms with Crippen LogP contribution in [0.4, 0.5) is 0 Å². The first-order valence-electron chi connectivity index (χ1n) is 2.78. The standard InChI is InChI=1S/C5H9N3O3/c1-3(9)8(5(6)7)11-4(2)10/h1-2H3,(H3,6,7). The number of nitrogens with zero attached hydrogens (tertiary/aromatic N) is 1. The number of rotatable bonds is 0. The molecule has 6 heteroatoms. The molecule has 0 unspecified atom stereocenters. The van der Waals surface area contributed by atoms with Crippen molar-refractivity contribution in [3.8, 4) is 0 Å². The van der Waals surface area contributed by atoms with Crippen molar-refractivity contribution in [1.82, 2.24) is 5.06 Å². The van der Waals surface area contributed by atoms with Gasteiger partial charge in [-0.2, -0.15) is 0 Å². The molecule has 0 heterocycles. The minimum atomic E-state index is -0.699. The van der Waals surface area contributed by atoms with Crippen LogP contribution in [0.5, 0.6) is 0 Å². The monoisotopic (exact) mass is 159 g/mol. The van der Waals surface area contributed by atoms with Gasteiger partial charge in [-0.3, -0.25) is 10.2 Å². The normalized spacial score (nSPS) is 8.55. The highest BCUT2D eigenvalue weighted by atomic mass is 16.7. The molecule has 0 bridgehead atoms. The Morgan fingerprint density at radius 2 is 1.91 bits per heavy atom. The first-order chi connectivity index (χ1) is 4.95. The maximum atomic E-state index is 10.5. The summed E-state index contributed by atoms with van der Waals surface area (Å²) in [6.45, 7) is 2.24. The summed E-state index contributed by atoms with van der Waals surface area (Å²) in [6, 6.07) is 0. The Hall–Kier alpha value is -1.59. The van der Waals surface area contributed by atoms with Crippen molar-refractivity contribution < 1.29 is 14.4 Å². The molecule has 0 aromatic rings. The average Bonchev–Trinajstić information content (AvgIpc) is 1.81. The summed E-state index contributed by atoms with van der Waals surface area (Å²) < 4.78 is 0. The fraction of sp³-hybridized carbons (Fsp3) is 0.400. The SMILES string of the molecule is CC(=O)ON(C(=N)N)C(C)=O. The molecule has 0 aromatic carbocycles. The predicted molar refractivity (Wildman–Crippen MR) is 36.2 cm³/mol. The summed E-state index contributed by atoms with van der Waals surface area (Å²) in [5, 5.41) is 7.19. The fourth-order valence-electron chi connectivity index (χ4n) is 0.412. The molecule has 0 saturated heterocycles. The van der Waals surface area contributed by atoms with Gasteiger partial charge in [0, 0.05) is 13.8 Å². The van der Waals surface area contributed by atoms with Crippen molar-refractivity contribution >= 4 is 17.8 Å². The van der Waals surface area contributed by atoms with Crippen LogP contribution in [0.15, 0.2) is 0 Å². The Kier molecular flexibility index (Phi) is 3.03. The smallest absolute Gasteiger partial charge is 0.330 e. The molecule has 0 aliphatic carbocycles. The van der Waals surface area contributed by atoms with E-state index in [0.717, 1.165) is 13.8 Å². The van der Waals surface area contributed by atoms with Gasteiger partial charge in [0.25, 0.3) is 5.91 Å². The molecule has 0 spiro atoms. The highest BCUT2D eigenvalue weighted by Gasteiger charge is 2.14. The Morgan fingerprint density at radius 3 is 2.00 bits per heavy atom. The molecule has 0 rings (SSSR count). The van der Waals surface area contributed by atoms with Gasteiger partial charge in [0.1, 0.15) is 0 Å². The third kappa shape index (κ3) is 3.19. The predicted octanol–water partition coefficient (Wildman–Crippen LogP) is -0.794. The van der Waals surface area contributed by atoms with Gasteiger partial charge in [0.05, 0.1) is 0 Å². The number of hydrogen-bond acceptors (Lipinski definition) is 4. The van der Waals surface area contributed by atoms with Crippen LogP contribution in [0.2, 0.25) is 0 Å². The average molecular weight is 159 g/mol. The van der Waals surface area contributed by atoms with Crippen LogP contribution in [0.25, 0.3) is 0 Å². The molecule has 0 aromatic heterocycles. The number of carbonyl (C=O) groups is 2. The quantitative estimate of drug-likeness (QED) is 0.275. The third-order valence-corrected chi connectivity index (χ3v) is 0.725. The van der Waals surface area contributed by atoms with Crippen molar-refractivity contribution in [1.29, 1.82) is 5.41 Å². The summed E-state index contributed by atoms with van der Waals surface area (Å²) in [7, 11) is 0. The van der Waals surface area contributed by atoms with Gasteiger partial charge in [-0.15, -0.1) is 5.06 Å². The third-order valence-electron chi connectivity index (χ3n) is 0.725. The molecule has 1 amide bonds. The van der Waals surface area contributed by atoms with E-state index >= 15 is 0 Å². The van der Waals surface area contributed by atoms with E-state index in [9.17, 15) is 9.59 Å². The first kappa shape index (κ1) is 9.41. The minimum absolute atomic E-state index is 0.405. The van der Waals surface area contributed by atoms with Crippen LogP contribution in [0, 0.1) is 5.41 Å². The number of hydroxylamine groups is 2. The Morgan fingerprint density at radius 1 is 1.45 bits per heavy atom. The molecule has 11 heavy (non-hydrogen) atoms. The van der Waals surface area contributed by atoms with Crippen LogP contribution >= 0.6 is 0 Å². The summed E-state index contributed by atoms with van der Waals surface area (Å²) in [5.74, 6) is -1.93. The van der Waals surface area contributed by atoms with Crippen molar-refractivity contribution in [3.05, 3.63) is 0 Å². The molecular formula is C5H9N3O3. The second-order valence-electron chi connectivity index (χ2n) is 1.78. The molecular weight excluding hydrogens is 150 g/mol. The van der Waals surface area contributed by atoms with E-state index in [-0.39, 0.29) is 0 Å². The molecule has 0 atom stereocenters. The van der Waals surface area contributed by atoms with Gasteiger partial charge in [-0.25, -0.2) is 4.79 Å². The lowest BCUT2D eigenvalue weighted by molar-refractivity contribution is -0.179. The lowest BCUT2D eigenvalue weighted by Crippen LogP contribution is -2.40. The van der Waals surface area contributed by atoms with E-state index in [1.54, 1.807) is 0 Å². The van der Waals surface area contributed by atoms with Gasteiger partial charge in [-0.05, 0) is 0 Å². The van der Waals surface area contributed by atoms with E-state index < -0.39 is 17.8 Å². The second-order valence-corrected chi connectivity index (χ2v) is 1.78. The topological polar surface area (TPSA) is 96.5 Å². The number of hydrogen-bond donors (Lipinski definition) is 2. The first-order valence-corrected chi connectivity index (χ1v) is 2.78. The summed E-state index contributed by atoms with van der Waals surface area (Å²) in [4.78, 5) is 25.1. The van der Waals surface area contributed by atoms with Crippen LogP contribution in [0.3, 0.4) is 0 Å². The number of nitrogens with two attached hydrogens (primary N) is 1. The van der Waals surface area contributed by atoms with Crippen LogP contribution in [0.1, 0.15) is 13.8 Å².